The van der Waals surface area contributed by atoms with Crippen LogP contribution in [0.15, 0.2) is 24.3 Å². The molecule has 124 valence electrons. The molecule has 0 radical (unpaired) electrons. The van der Waals surface area contributed by atoms with E-state index in [1.807, 2.05) is 45.9 Å². The Labute approximate surface area is 140 Å². The molecule has 0 amide bonds. The van der Waals surface area contributed by atoms with E-state index in [-0.39, 0.29) is 0 Å². The molecule has 1 heterocycles. The molecule has 0 aliphatic carbocycles. The van der Waals surface area contributed by atoms with E-state index in [0.717, 1.165) is 30.5 Å². The molecule has 3 heteroatoms. The summed E-state index contributed by atoms with van der Waals surface area (Å²) in [6.07, 6.45) is 3.54. The Morgan fingerprint density at radius 1 is 1.14 bits per heavy atom. The molecule has 1 aliphatic heterocycles. The van der Waals surface area contributed by atoms with Crippen molar-refractivity contribution < 1.29 is 5.11 Å². The Balaban J connectivity index is 0.000000661. The minimum Gasteiger partial charge on any atom is -0.507 e. The molecular formula is C19H30ClNO. The lowest BCUT2D eigenvalue weighted by Gasteiger charge is -2.11. The van der Waals surface area contributed by atoms with Crippen LogP contribution < -0.4 is 5.32 Å². The van der Waals surface area contributed by atoms with Gasteiger partial charge >= 0.3 is 0 Å². The lowest BCUT2D eigenvalue weighted by atomic mass is 9.95. The highest BCUT2D eigenvalue weighted by Gasteiger charge is 2.17. The van der Waals surface area contributed by atoms with Crippen LogP contribution >= 0.6 is 11.6 Å². The van der Waals surface area contributed by atoms with Crippen LogP contribution in [0.4, 0.5) is 5.69 Å². The number of hydrogen-bond donors (Lipinski definition) is 2. The van der Waals surface area contributed by atoms with Crippen LogP contribution in [0.25, 0.3) is 10.8 Å². The smallest absolute Gasteiger partial charge is 0.125 e. The van der Waals surface area contributed by atoms with Crippen LogP contribution in [-0.4, -0.2) is 18.0 Å². The van der Waals surface area contributed by atoms with Crippen LogP contribution in [-0.2, 0) is 12.8 Å². The third-order valence-corrected chi connectivity index (χ3v) is 3.41. The summed E-state index contributed by atoms with van der Waals surface area (Å²) in [5, 5.41) is 15.6. The fourth-order valence-corrected chi connectivity index (χ4v) is 2.64. The van der Waals surface area contributed by atoms with E-state index < -0.39 is 0 Å². The average molecular weight is 324 g/mol. The fraction of sp³-hybridized carbons (Fsp3) is 0.474. The summed E-state index contributed by atoms with van der Waals surface area (Å²) in [6, 6.07) is 8.03. The minimum absolute atomic E-state index is 0.387. The molecule has 0 bridgehead atoms. The van der Waals surface area contributed by atoms with Crippen molar-refractivity contribution in [3.63, 3.8) is 0 Å². The number of rotatable bonds is 1. The van der Waals surface area contributed by atoms with Crippen LogP contribution in [0.3, 0.4) is 0 Å². The van der Waals surface area contributed by atoms with Crippen LogP contribution in [0, 0.1) is 0 Å². The SMILES string of the molecule is CC.CC.CCc1cccc2c(O)cc3c(c12)CCN3.CCl. The zero-order chi connectivity index (χ0) is 17.1. The van der Waals surface area contributed by atoms with E-state index >= 15 is 0 Å². The van der Waals surface area contributed by atoms with Crippen LogP contribution in [0.2, 0.25) is 0 Å². The van der Waals surface area contributed by atoms with Crippen molar-refractivity contribution in [3.05, 3.63) is 35.4 Å². The van der Waals surface area contributed by atoms with Gasteiger partial charge in [0.2, 0.25) is 0 Å². The summed E-state index contributed by atoms with van der Waals surface area (Å²) in [4.78, 5) is 0. The van der Waals surface area contributed by atoms with Gasteiger partial charge in [-0.15, -0.1) is 11.6 Å². The number of phenols is 1. The number of halogens is 1. The van der Waals surface area contributed by atoms with Gasteiger partial charge in [0.05, 0.1) is 0 Å². The topological polar surface area (TPSA) is 32.3 Å². The van der Waals surface area contributed by atoms with Gasteiger partial charge in [0, 0.05) is 30.1 Å². The first-order valence-corrected chi connectivity index (χ1v) is 8.95. The maximum absolute atomic E-state index is 10.0. The van der Waals surface area contributed by atoms with E-state index in [1.165, 1.54) is 22.9 Å². The molecule has 0 aromatic heterocycles. The van der Waals surface area contributed by atoms with Gasteiger partial charge in [-0.3, -0.25) is 0 Å². The lowest BCUT2D eigenvalue weighted by Crippen LogP contribution is -1.90. The Morgan fingerprint density at radius 2 is 1.77 bits per heavy atom. The number of benzene rings is 2. The molecule has 3 rings (SSSR count). The number of phenolic OH excluding ortho intramolecular Hbond substituents is 1. The van der Waals surface area contributed by atoms with E-state index in [0.29, 0.717) is 5.75 Å². The summed E-state index contributed by atoms with van der Waals surface area (Å²) >= 11 is 4.64. The number of nitrogens with one attached hydrogen (secondary N) is 1. The second-order valence-electron chi connectivity index (χ2n) is 4.29. The molecule has 0 fully saturated rings. The number of fused-ring (bicyclic) bond motifs is 3. The van der Waals surface area contributed by atoms with E-state index in [9.17, 15) is 5.11 Å². The molecule has 0 saturated carbocycles. The number of hydrogen-bond acceptors (Lipinski definition) is 2. The number of anilines is 1. The largest absolute Gasteiger partial charge is 0.507 e. The molecular weight excluding hydrogens is 294 g/mol. The van der Waals surface area contributed by atoms with Gasteiger partial charge < -0.3 is 10.4 Å². The molecule has 2 aromatic carbocycles. The zero-order valence-electron chi connectivity index (χ0n) is 14.8. The Kier molecular flexibility index (Phi) is 10.5. The van der Waals surface area contributed by atoms with Crippen molar-refractivity contribution in [2.24, 2.45) is 0 Å². The van der Waals surface area contributed by atoms with Crippen molar-refractivity contribution in [2.75, 3.05) is 18.2 Å². The van der Waals surface area contributed by atoms with E-state index in [1.54, 1.807) is 0 Å². The molecule has 2 aromatic rings. The summed E-state index contributed by atoms with van der Waals surface area (Å²) in [7, 11) is 0. The second kappa shape index (κ2) is 11.2. The normalized spacial score (nSPS) is 10.9. The Hall–Kier alpha value is -1.41. The summed E-state index contributed by atoms with van der Waals surface area (Å²) < 4.78 is 0. The number of aryl methyl sites for hydroxylation is 1. The molecule has 0 saturated heterocycles. The highest BCUT2D eigenvalue weighted by Crippen LogP contribution is 2.38. The summed E-state index contributed by atoms with van der Waals surface area (Å²) in [5.41, 5.74) is 3.80. The molecule has 2 N–H and O–H groups in total. The zero-order valence-corrected chi connectivity index (χ0v) is 15.5. The molecule has 22 heavy (non-hydrogen) atoms. The van der Waals surface area contributed by atoms with Crippen molar-refractivity contribution in [1.82, 2.24) is 0 Å². The highest BCUT2D eigenvalue weighted by molar-refractivity contribution is 6.15. The maximum Gasteiger partial charge on any atom is 0.125 e. The fourth-order valence-electron chi connectivity index (χ4n) is 2.64. The quantitative estimate of drug-likeness (QED) is 0.632. The third kappa shape index (κ3) is 4.30. The van der Waals surface area contributed by atoms with Crippen molar-refractivity contribution in [2.45, 2.75) is 47.5 Å². The maximum atomic E-state index is 10.0. The van der Waals surface area contributed by atoms with Gasteiger partial charge in [-0.2, -0.15) is 0 Å². The molecule has 1 aliphatic rings. The van der Waals surface area contributed by atoms with Gasteiger partial charge in [-0.25, -0.2) is 0 Å². The van der Waals surface area contributed by atoms with Gasteiger partial charge in [0.1, 0.15) is 5.75 Å². The lowest BCUT2D eigenvalue weighted by molar-refractivity contribution is 0.482. The molecule has 0 atom stereocenters. The second-order valence-corrected chi connectivity index (χ2v) is 4.29. The minimum atomic E-state index is 0.387. The molecule has 2 nitrogen and oxygen atoms in total. The van der Waals surface area contributed by atoms with E-state index in [2.05, 4.69) is 29.9 Å². The van der Waals surface area contributed by atoms with E-state index in [4.69, 9.17) is 0 Å². The monoisotopic (exact) mass is 323 g/mol. The highest BCUT2D eigenvalue weighted by atomic mass is 35.5. The van der Waals surface area contributed by atoms with Crippen LogP contribution in [0.5, 0.6) is 5.75 Å². The predicted octanol–water partition coefficient (Wildman–Crippen LogP) is 5.98. The third-order valence-electron chi connectivity index (χ3n) is 3.41. The molecule has 0 spiro atoms. The van der Waals surface area contributed by atoms with Crippen molar-refractivity contribution in [3.8, 4) is 5.75 Å². The van der Waals surface area contributed by atoms with Crippen molar-refractivity contribution >= 4 is 28.1 Å². The average Bonchev–Trinajstić information content (AvgIpc) is 3.08. The molecule has 0 unspecified atom stereocenters. The standard InChI is InChI=1S/C14H15NO.2C2H6.CH3Cl/c1-2-9-4-3-5-11-13(16)8-12-10(14(9)11)6-7-15-12;3*1-2/h3-5,8,15-16H,2,6-7H2,1H3;2*1-2H3;1H3. The van der Waals surface area contributed by atoms with Gasteiger partial charge in [-0.05, 0) is 29.4 Å². The van der Waals surface area contributed by atoms with Crippen LogP contribution in [0.1, 0.15) is 45.7 Å². The Morgan fingerprint density at radius 3 is 2.36 bits per heavy atom. The van der Waals surface area contributed by atoms with Gasteiger partial charge in [-0.1, -0.05) is 52.8 Å². The van der Waals surface area contributed by atoms with Gasteiger partial charge in [0.25, 0.3) is 0 Å². The summed E-state index contributed by atoms with van der Waals surface area (Å²) in [6.45, 7) is 11.1. The number of alkyl halides is 1. The first-order valence-electron chi connectivity index (χ1n) is 8.19. The summed E-state index contributed by atoms with van der Waals surface area (Å²) in [5.74, 6) is 0.387. The first kappa shape index (κ1) is 20.6. The van der Waals surface area contributed by atoms with Gasteiger partial charge in [0.15, 0.2) is 0 Å². The number of aromatic hydroxyl groups is 1. The first-order chi connectivity index (χ1) is 10.8. The predicted molar refractivity (Wildman–Crippen MR) is 102 cm³/mol. The Bertz CT molecular complexity index is 567. The van der Waals surface area contributed by atoms with Crippen molar-refractivity contribution in [1.29, 1.82) is 0 Å².